The first-order valence-corrected chi connectivity index (χ1v) is 5.28. The van der Waals surface area contributed by atoms with Crippen LogP contribution in [-0.4, -0.2) is 18.5 Å². The Balaban J connectivity index is 2.55. The van der Waals surface area contributed by atoms with Gasteiger partial charge in [-0.05, 0) is 25.2 Å². The zero-order valence-corrected chi connectivity index (χ0v) is 8.88. The topological polar surface area (TPSA) is 26.3 Å². The number of ether oxygens (including phenoxy) is 1. The summed E-state index contributed by atoms with van der Waals surface area (Å²) in [6.45, 7) is 7.15. The van der Waals surface area contributed by atoms with Crippen LogP contribution in [0.2, 0.25) is 0 Å². The maximum absolute atomic E-state index is 11.2. The van der Waals surface area contributed by atoms with Gasteiger partial charge < -0.3 is 4.74 Å². The second-order valence-electron chi connectivity index (χ2n) is 4.18. The van der Waals surface area contributed by atoms with Gasteiger partial charge in [0.05, 0.1) is 6.10 Å². The number of rotatable bonds is 3. The summed E-state index contributed by atoms with van der Waals surface area (Å²) >= 11 is 0. The van der Waals surface area contributed by atoms with Gasteiger partial charge in [0.25, 0.3) is 0 Å². The van der Waals surface area contributed by atoms with Gasteiger partial charge in [0, 0.05) is 19.4 Å². The minimum Gasteiger partial charge on any atom is -0.378 e. The molecule has 0 aromatic heterocycles. The first kappa shape index (κ1) is 10.7. The van der Waals surface area contributed by atoms with Crippen molar-refractivity contribution in [3.8, 4) is 0 Å². The lowest BCUT2D eigenvalue weighted by Gasteiger charge is -2.33. The van der Waals surface area contributed by atoms with Gasteiger partial charge in [-0.3, -0.25) is 4.79 Å². The third kappa shape index (κ3) is 2.80. The first-order valence-electron chi connectivity index (χ1n) is 5.28. The van der Waals surface area contributed by atoms with Crippen molar-refractivity contribution in [2.45, 2.75) is 46.1 Å². The lowest BCUT2D eigenvalue weighted by molar-refractivity contribution is -0.128. The number of Topliss-reactive ketones (excluding diaryl/α,β-unsaturated/α-hetero) is 1. The Hall–Kier alpha value is -0.370. The Morgan fingerprint density at radius 1 is 1.54 bits per heavy atom. The molecular formula is C11H20O2. The number of carbonyl (C=O) groups is 1. The van der Waals surface area contributed by atoms with Crippen LogP contribution in [0.5, 0.6) is 0 Å². The highest BCUT2D eigenvalue weighted by Crippen LogP contribution is 2.30. The molecule has 0 radical (unpaired) electrons. The molecule has 13 heavy (non-hydrogen) atoms. The van der Waals surface area contributed by atoms with Gasteiger partial charge in [-0.1, -0.05) is 13.8 Å². The lowest BCUT2D eigenvalue weighted by atomic mass is 9.79. The Morgan fingerprint density at radius 3 is 2.77 bits per heavy atom. The molecule has 0 aromatic carbocycles. The van der Waals surface area contributed by atoms with E-state index in [2.05, 4.69) is 13.8 Å². The van der Waals surface area contributed by atoms with Gasteiger partial charge in [-0.2, -0.15) is 0 Å². The fourth-order valence-electron chi connectivity index (χ4n) is 2.15. The van der Waals surface area contributed by atoms with Crippen molar-refractivity contribution in [2.24, 2.45) is 11.8 Å². The van der Waals surface area contributed by atoms with Gasteiger partial charge in [-0.15, -0.1) is 0 Å². The van der Waals surface area contributed by atoms with Crippen LogP contribution in [0.4, 0.5) is 0 Å². The lowest BCUT2D eigenvalue weighted by Crippen LogP contribution is -2.35. The molecule has 0 heterocycles. The molecule has 0 spiro atoms. The van der Waals surface area contributed by atoms with E-state index in [1.807, 2.05) is 6.92 Å². The molecule has 0 aromatic rings. The molecule has 2 atom stereocenters. The van der Waals surface area contributed by atoms with E-state index in [9.17, 15) is 4.79 Å². The number of carbonyl (C=O) groups excluding carboxylic acids is 1. The van der Waals surface area contributed by atoms with Crippen LogP contribution in [0.3, 0.4) is 0 Å². The van der Waals surface area contributed by atoms with Crippen molar-refractivity contribution in [3.63, 3.8) is 0 Å². The van der Waals surface area contributed by atoms with Crippen molar-refractivity contribution in [1.82, 2.24) is 0 Å². The van der Waals surface area contributed by atoms with Crippen LogP contribution in [0, 0.1) is 11.8 Å². The van der Waals surface area contributed by atoms with E-state index >= 15 is 0 Å². The summed E-state index contributed by atoms with van der Waals surface area (Å²) in [6, 6.07) is 0. The summed E-state index contributed by atoms with van der Waals surface area (Å²) in [6.07, 6.45) is 2.59. The molecule has 0 aliphatic heterocycles. The highest BCUT2D eigenvalue weighted by Gasteiger charge is 2.31. The number of ketones is 1. The zero-order chi connectivity index (χ0) is 9.84. The highest BCUT2D eigenvalue weighted by atomic mass is 16.5. The van der Waals surface area contributed by atoms with E-state index in [1.165, 1.54) is 0 Å². The molecule has 2 nitrogen and oxygen atoms in total. The fraction of sp³-hybridized carbons (Fsp3) is 0.909. The van der Waals surface area contributed by atoms with E-state index in [-0.39, 0.29) is 6.10 Å². The van der Waals surface area contributed by atoms with E-state index < -0.39 is 0 Å². The summed E-state index contributed by atoms with van der Waals surface area (Å²) in [7, 11) is 0. The second-order valence-corrected chi connectivity index (χ2v) is 4.18. The van der Waals surface area contributed by atoms with Crippen molar-refractivity contribution < 1.29 is 9.53 Å². The zero-order valence-electron chi connectivity index (χ0n) is 8.88. The average molecular weight is 184 g/mol. The molecule has 2 heteroatoms. The smallest absolute Gasteiger partial charge is 0.135 e. The number of hydrogen-bond acceptors (Lipinski definition) is 2. The van der Waals surface area contributed by atoms with Crippen LogP contribution in [0.1, 0.15) is 40.0 Å². The van der Waals surface area contributed by atoms with E-state index in [4.69, 9.17) is 4.74 Å². The minimum absolute atomic E-state index is 0.186. The van der Waals surface area contributed by atoms with Gasteiger partial charge in [0.15, 0.2) is 0 Å². The number of hydrogen-bond donors (Lipinski definition) is 0. The summed E-state index contributed by atoms with van der Waals surface area (Å²) in [5, 5.41) is 0. The Morgan fingerprint density at radius 2 is 2.23 bits per heavy atom. The second kappa shape index (κ2) is 4.75. The van der Waals surface area contributed by atoms with Crippen molar-refractivity contribution in [3.05, 3.63) is 0 Å². The Labute approximate surface area is 80.7 Å². The quantitative estimate of drug-likeness (QED) is 0.673. The predicted octanol–water partition coefficient (Wildman–Crippen LogP) is 2.42. The van der Waals surface area contributed by atoms with Gasteiger partial charge in [0.1, 0.15) is 5.78 Å². The average Bonchev–Trinajstić information content (AvgIpc) is 2.04. The molecule has 1 saturated carbocycles. The largest absolute Gasteiger partial charge is 0.378 e. The van der Waals surface area contributed by atoms with Gasteiger partial charge in [0.2, 0.25) is 0 Å². The summed E-state index contributed by atoms with van der Waals surface area (Å²) in [5.41, 5.74) is 0. The molecular weight excluding hydrogens is 164 g/mol. The van der Waals surface area contributed by atoms with Gasteiger partial charge >= 0.3 is 0 Å². The van der Waals surface area contributed by atoms with Gasteiger partial charge in [-0.25, -0.2) is 0 Å². The normalized spacial score (nSPS) is 29.7. The maximum Gasteiger partial charge on any atom is 0.135 e. The van der Waals surface area contributed by atoms with E-state index in [0.29, 0.717) is 24.0 Å². The van der Waals surface area contributed by atoms with Crippen molar-refractivity contribution in [1.29, 1.82) is 0 Å². The van der Waals surface area contributed by atoms with E-state index in [0.717, 1.165) is 19.4 Å². The molecule has 1 fully saturated rings. The molecule has 1 aliphatic rings. The summed E-state index contributed by atoms with van der Waals surface area (Å²) < 4.78 is 5.61. The highest BCUT2D eigenvalue weighted by molar-refractivity contribution is 5.79. The fourth-order valence-corrected chi connectivity index (χ4v) is 2.15. The molecule has 0 N–H and O–H groups in total. The minimum atomic E-state index is 0.186. The third-order valence-corrected chi connectivity index (χ3v) is 2.90. The predicted molar refractivity (Wildman–Crippen MR) is 52.6 cm³/mol. The molecule has 1 aliphatic carbocycles. The maximum atomic E-state index is 11.2. The first-order chi connectivity index (χ1) is 6.15. The van der Waals surface area contributed by atoms with Crippen LogP contribution in [0.15, 0.2) is 0 Å². The molecule has 76 valence electrons. The monoisotopic (exact) mass is 184 g/mol. The van der Waals surface area contributed by atoms with E-state index in [1.54, 1.807) is 0 Å². The van der Waals surface area contributed by atoms with Crippen molar-refractivity contribution in [2.75, 3.05) is 6.61 Å². The molecule has 0 bridgehead atoms. The van der Waals surface area contributed by atoms with Crippen LogP contribution in [0.25, 0.3) is 0 Å². The Kier molecular flexibility index (Phi) is 3.91. The molecule has 2 unspecified atom stereocenters. The molecule has 1 rings (SSSR count). The van der Waals surface area contributed by atoms with Crippen LogP contribution >= 0.6 is 0 Å². The summed E-state index contributed by atoms with van der Waals surface area (Å²) in [5.74, 6) is 1.58. The Bertz CT molecular complexity index is 175. The third-order valence-electron chi connectivity index (χ3n) is 2.90. The van der Waals surface area contributed by atoms with Crippen LogP contribution in [-0.2, 0) is 9.53 Å². The molecule has 0 saturated heterocycles. The summed E-state index contributed by atoms with van der Waals surface area (Å²) in [4.78, 5) is 11.2. The van der Waals surface area contributed by atoms with Crippen molar-refractivity contribution >= 4 is 5.78 Å². The molecule has 0 amide bonds. The standard InChI is InChI=1S/C11H20O2/c1-4-13-11-7-9(12)5-6-10(11)8(2)3/h8,10-11H,4-7H2,1-3H3. The SMILES string of the molecule is CCOC1CC(=O)CCC1C(C)C. The van der Waals surface area contributed by atoms with Crippen LogP contribution < -0.4 is 0 Å².